The van der Waals surface area contributed by atoms with Crippen molar-refractivity contribution in [1.82, 2.24) is 9.80 Å². The van der Waals surface area contributed by atoms with Crippen LogP contribution in [-0.2, 0) is 32.3 Å². The Bertz CT molecular complexity index is 1270. The van der Waals surface area contributed by atoms with Crippen LogP contribution in [0.2, 0.25) is 0 Å². The molecule has 0 spiro atoms. The standard InChI is InChI=1S/2C13H15N3O4/c2*14-9-3-1-2-7-8(9)6-16(12(7)18)10(13(19)20)4-5-11(15)17/h2*1-3,10H,4-6,14H2,(H2,15,17)(H,19,20). The number of hydrogen-bond acceptors (Lipinski definition) is 8. The Labute approximate surface area is 228 Å². The van der Waals surface area contributed by atoms with Gasteiger partial charge in [-0.05, 0) is 37.1 Å². The van der Waals surface area contributed by atoms with Gasteiger partial charge in [-0.2, -0.15) is 0 Å². The first-order valence-electron chi connectivity index (χ1n) is 12.2. The molecule has 4 amide bonds. The average molecular weight is 555 g/mol. The number of hydrogen-bond donors (Lipinski definition) is 6. The number of carbonyl (C=O) groups is 6. The molecule has 2 aromatic rings. The zero-order valence-electron chi connectivity index (χ0n) is 21.4. The third-order valence-corrected chi connectivity index (χ3v) is 6.71. The topological polar surface area (TPSA) is 253 Å². The summed E-state index contributed by atoms with van der Waals surface area (Å²) in [7, 11) is 0. The number of anilines is 2. The van der Waals surface area contributed by atoms with Gasteiger partial charge in [-0.3, -0.25) is 19.2 Å². The van der Waals surface area contributed by atoms with Gasteiger partial charge in [0.25, 0.3) is 11.8 Å². The maximum absolute atomic E-state index is 12.2. The summed E-state index contributed by atoms with van der Waals surface area (Å²) in [6, 6.07) is 7.68. The molecule has 40 heavy (non-hydrogen) atoms. The first kappa shape index (κ1) is 29.4. The van der Waals surface area contributed by atoms with E-state index in [1.54, 1.807) is 36.4 Å². The Kier molecular flexibility index (Phi) is 8.93. The molecule has 2 aliphatic heterocycles. The van der Waals surface area contributed by atoms with Crippen LogP contribution in [0.25, 0.3) is 0 Å². The molecule has 2 heterocycles. The molecule has 2 aromatic carbocycles. The van der Waals surface area contributed by atoms with Crippen LogP contribution in [-0.4, -0.2) is 67.7 Å². The monoisotopic (exact) mass is 554 g/mol. The first-order chi connectivity index (χ1) is 18.8. The minimum atomic E-state index is -1.16. The summed E-state index contributed by atoms with van der Waals surface area (Å²) in [6.07, 6.45) is -0.201. The number of amides is 4. The Balaban J connectivity index is 0.000000220. The molecule has 4 rings (SSSR count). The molecule has 2 atom stereocenters. The van der Waals surface area contributed by atoms with Gasteiger partial charge in [0.1, 0.15) is 12.1 Å². The number of aliphatic carboxylic acids is 2. The highest BCUT2D eigenvalue weighted by molar-refractivity contribution is 6.02. The fraction of sp³-hybridized carbons (Fsp3) is 0.308. The molecular weight excluding hydrogens is 524 g/mol. The molecule has 10 N–H and O–H groups in total. The molecule has 0 aromatic heterocycles. The van der Waals surface area contributed by atoms with Crippen molar-refractivity contribution in [2.45, 2.75) is 50.9 Å². The predicted molar refractivity (Wildman–Crippen MR) is 141 cm³/mol. The molecule has 0 saturated heterocycles. The van der Waals surface area contributed by atoms with E-state index < -0.39 is 35.8 Å². The Morgan fingerprint density at radius 1 is 0.700 bits per heavy atom. The average Bonchev–Trinajstić information content (AvgIpc) is 3.38. The molecule has 0 saturated carbocycles. The Morgan fingerprint density at radius 2 is 1.05 bits per heavy atom. The van der Waals surface area contributed by atoms with E-state index in [1.165, 1.54) is 9.80 Å². The third-order valence-electron chi connectivity index (χ3n) is 6.71. The Morgan fingerprint density at radius 3 is 1.32 bits per heavy atom. The van der Waals surface area contributed by atoms with Gasteiger partial charge in [-0.15, -0.1) is 0 Å². The van der Waals surface area contributed by atoms with Gasteiger partial charge in [-0.25, -0.2) is 9.59 Å². The van der Waals surface area contributed by atoms with Crippen molar-refractivity contribution in [2.75, 3.05) is 11.5 Å². The highest BCUT2D eigenvalue weighted by atomic mass is 16.4. The number of nitrogens with zero attached hydrogens (tertiary/aromatic N) is 2. The zero-order chi connectivity index (χ0) is 29.7. The highest BCUT2D eigenvalue weighted by Gasteiger charge is 2.38. The normalized spacial score (nSPS) is 15.0. The highest BCUT2D eigenvalue weighted by Crippen LogP contribution is 2.31. The van der Waals surface area contributed by atoms with E-state index in [-0.39, 0.29) is 50.6 Å². The number of nitrogen functional groups attached to an aromatic ring is 2. The number of primary amides is 2. The number of carboxylic acids is 2. The van der Waals surface area contributed by atoms with Crippen molar-refractivity contribution < 1.29 is 39.0 Å². The van der Waals surface area contributed by atoms with Crippen LogP contribution >= 0.6 is 0 Å². The fourth-order valence-electron chi connectivity index (χ4n) is 4.64. The van der Waals surface area contributed by atoms with Gasteiger partial charge >= 0.3 is 11.9 Å². The van der Waals surface area contributed by atoms with E-state index in [9.17, 15) is 39.0 Å². The predicted octanol–water partition coefficient (Wildman–Crippen LogP) is -0.113. The second-order valence-electron chi connectivity index (χ2n) is 9.33. The van der Waals surface area contributed by atoms with Crippen LogP contribution in [0.4, 0.5) is 11.4 Å². The van der Waals surface area contributed by atoms with Crippen molar-refractivity contribution in [2.24, 2.45) is 11.5 Å². The maximum atomic E-state index is 12.2. The smallest absolute Gasteiger partial charge is 0.326 e. The summed E-state index contributed by atoms with van der Waals surface area (Å²) in [5.74, 6) is -4.29. The summed E-state index contributed by atoms with van der Waals surface area (Å²) in [6.45, 7) is 0.271. The van der Waals surface area contributed by atoms with Crippen molar-refractivity contribution in [3.05, 3.63) is 58.7 Å². The zero-order valence-corrected chi connectivity index (χ0v) is 21.4. The minimum Gasteiger partial charge on any atom is -0.480 e. The number of benzene rings is 2. The van der Waals surface area contributed by atoms with Crippen LogP contribution in [0.1, 0.15) is 57.5 Å². The number of fused-ring (bicyclic) bond motifs is 2. The largest absolute Gasteiger partial charge is 0.480 e. The summed E-state index contributed by atoms with van der Waals surface area (Å²) in [5, 5.41) is 18.5. The third kappa shape index (κ3) is 6.28. The van der Waals surface area contributed by atoms with E-state index >= 15 is 0 Å². The van der Waals surface area contributed by atoms with Gasteiger partial charge in [0, 0.05) is 59.6 Å². The van der Waals surface area contributed by atoms with Crippen LogP contribution in [0.3, 0.4) is 0 Å². The molecule has 14 nitrogen and oxygen atoms in total. The molecule has 2 aliphatic rings. The lowest BCUT2D eigenvalue weighted by atomic mass is 10.1. The molecule has 14 heteroatoms. The lowest BCUT2D eigenvalue weighted by Crippen LogP contribution is -2.42. The van der Waals surface area contributed by atoms with Crippen molar-refractivity contribution in [1.29, 1.82) is 0 Å². The van der Waals surface area contributed by atoms with E-state index in [4.69, 9.17) is 22.9 Å². The van der Waals surface area contributed by atoms with E-state index in [0.29, 0.717) is 33.6 Å². The number of nitrogens with two attached hydrogens (primary N) is 4. The Hall–Kier alpha value is -5.14. The number of rotatable bonds is 10. The second kappa shape index (κ2) is 12.1. The lowest BCUT2D eigenvalue weighted by molar-refractivity contribution is -0.143. The van der Waals surface area contributed by atoms with Crippen LogP contribution in [0.15, 0.2) is 36.4 Å². The van der Waals surface area contributed by atoms with Crippen LogP contribution in [0, 0.1) is 0 Å². The van der Waals surface area contributed by atoms with E-state index in [1.807, 2.05) is 0 Å². The molecule has 0 radical (unpaired) electrons. The first-order valence-corrected chi connectivity index (χ1v) is 12.2. The summed E-state index contributed by atoms with van der Waals surface area (Å²) >= 11 is 0. The van der Waals surface area contributed by atoms with Crippen molar-refractivity contribution in [3.8, 4) is 0 Å². The maximum Gasteiger partial charge on any atom is 0.326 e. The molecular formula is C26H30N6O8. The molecule has 0 aliphatic carbocycles. The van der Waals surface area contributed by atoms with E-state index in [0.717, 1.165) is 0 Å². The summed E-state index contributed by atoms with van der Waals surface area (Å²) < 4.78 is 0. The fourth-order valence-corrected chi connectivity index (χ4v) is 4.64. The van der Waals surface area contributed by atoms with Gasteiger partial charge in [-0.1, -0.05) is 12.1 Å². The van der Waals surface area contributed by atoms with E-state index in [2.05, 4.69) is 0 Å². The van der Waals surface area contributed by atoms with Crippen LogP contribution in [0.5, 0.6) is 0 Å². The van der Waals surface area contributed by atoms with Gasteiger partial charge in [0.05, 0.1) is 0 Å². The number of carboxylic acid groups (broad SMARTS) is 2. The lowest BCUT2D eigenvalue weighted by Gasteiger charge is -2.23. The summed E-state index contributed by atoms with van der Waals surface area (Å²) in [5.41, 5.74) is 24.6. The number of carbonyl (C=O) groups excluding carboxylic acids is 4. The molecule has 2 unspecified atom stereocenters. The quantitative estimate of drug-likeness (QED) is 0.212. The van der Waals surface area contributed by atoms with Gasteiger partial charge < -0.3 is 42.9 Å². The van der Waals surface area contributed by atoms with Crippen LogP contribution < -0.4 is 22.9 Å². The van der Waals surface area contributed by atoms with Gasteiger partial charge in [0.15, 0.2) is 0 Å². The molecule has 0 fully saturated rings. The molecule has 212 valence electrons. The van der Waals surface area contributed by atoms with Gasteiger partial charge in [0.2, 0.25) is 11.8 Å². The minimum absolute atomic E-state index is 0.00962. The summed E-state index contributed by atoms with van der Waals surface area (Å²) in [4.78, 5) is 71.1. The SMILES string of the molecule is NC(=O)CCC(C(=O)O)N1Cc2c(N)cccc2C1=O.NC(=O)CCC(C(=O)O)N1Cc2c(N)cccc2C1=O. The second-order valence-corrected chi connectivity index (χ2v) is 9.33. The van der Waals surface area contributed by atoms with Crippen molar-refractivity contribution >= 4 is 46.9 Å². The van der Waals surface area contributed by atoms with Crippen molar-refractivity contribution in [3.63, 3.8) is 0 Å². The molecule has 0 bridgehead atoms.